The molecule has 0 saturated heterocycles. The maximum absolute atomic E-state index is 10.8. The molecule has 99 valence electrons. The Kier molecular flexibility index (Phi) is 24.1. The van der Waals surface area contributed by atoms with Gasteiger partial charge in [0.1, 0.15) is 0 Å². The van der Waals surface area contributed by atoms with Crippen LogP contribution in [0.1, 0.15) is 46.0 Å². The van der Waals surface area contributed by atoms with Gasteiger partial charge in [0, 0.05) is 170 Å². The van der Waals surface area contributed by atoms with Crippen LogP contribution in [-0.2, 0) is 168 Å². The molecule has 20 heavy (non-hydrogen) atoms. The molecule has 2 nitrogen and oxygen atoms in total. The van der Waals surface area contributed by atoms with Gasteiger partial charge in [-0.15, -0.1) is 0 Å². The van der Waals surface area contributed by atoms with Crippen LogP contribution in [0.15, 0.2) is 11.6 Å². The summed E-state index contributed by atoms with van der Waals surface area (Å²) in [6.07, 6.45) is 7.36. The minimum absolute atomic E-state index is 0. The maximum atomic E-state index is 10.8. The normalized spacial score (nSPS) is 32.2. The summed E-state index contributed by atoms with van der Waals surface area (Å²) in [5.74, 6) is 0.520. The number of fused-ring (bicyclic) bond motifs is 1. The van der Waals surface area contributed by atoms with Crippen LogP contribution in [0.5, 0.6) is 0 Å². The summed E-state index contributed by atoms with van der Waals surface area (Å²) in [7, 11) is 0. The van der Waals surface area contributed by atoms with Gasteiger partial charge in [-0.1, -0.05) is 19.4 Å². The van der Waals surface area contributed by atoms with Gasteiger partial charge in [0.15, 0.2) is 0 Å². The van der Waals surface area contributed by atoms with Gasteiger partial charge in [-0.25, -0.2) is 4.79 Å². The third-order valence-corrected chi connectivity index (χ3v) is 4.75. The minimum Gasteiger partial charge on any atom is -0.478 e. The smallest absolute Gasteiger partial charge is 0.328 e. The third-order valence-electron chi connectivity index (χ3n) is 4.75. The van der Waals surface area contributed by atoms with Crippen molar-refractivity contribution in [1.82, 2.24) is 0 Å². The number of carbonyl (C=O) groups is 1. The predicted molar refractivity (Wildman–Crippen MR) is 59.6 cm³/mol. The van der Waals surface area contributed by atoms with E-state index in [1.807, 2.05) is 0 Å². The molecule has 3 atom stereocenters. The SMILES string of the molecule is CC1CC[C@H]2C(=CC(=O)O)CCC[C@]12C.[Y].[Y].[Y].[Y].[Y]. The average molecular weight is 653 g/mol. The van der Waals surface area contributed by atoms with E-state index in [-0.39, 0.29) is 164 Å². The predicted octanol–water partition coefficient (Wildman–Crippen LogP) is 3.22. The van der Waals surface area contributed by atoms with Crippen LogP contribution in [-0.4, -0.2) is 11.1 Å². The van der Waals surface area contributed by atoms with Crippen LogP contribution in [0.3, 0.4) is 0 Å². The van der Waals surface area contributed by atoms with E-state index in [1.165, 1.54) is 30.9 Å². The van der Waals surface area contributed by atoms with Crippen LogP contribution < -0.4 is 0 Å². The quantitative estimate of drug-likeness (QED) is 0.442. The number of hydrogen-bond donors (Lipinski definition) is 1. The van der Waals surface area contributed by atoms with Crippen molar-refractivity contribution in [1.29, 1.82) is 0 Å². The van der Waals surface area contributed by atoms with Crippen molar-refractivity contribution in [2.45, 2.75) is 46.0 Å². The van der Waals surface area contributed by atoms with Crippen molar-refractivity contribution < 1.29 is 173 Å². The molecule has 1 N–H and O–H groups in total. The Bertz CT molecular complexity index is 322. The Morgan fingerprint density at radius 2 is 1.75 bits per heavy atom. The van der Waals surface area contributed by atoms with Gasteiger partial charge < -0.3 is 5.11 Å². The first-order valence-electron chi connectivity index (χ1n) is 5.97. The Balaban J connectivity index is -0.000000256. The first-order chi connectivity index (χ1) is 7.04. The average Bonchev–Trinajstić information content (AvgIpc) is 2.43. The molecule has 0 aromatic carbocycles. The van der Waals surface area contributed by atoms with E-state index in [9.17, 15) is 4.79 Å². The van der Waals surface area contributed by atoms with E-state index in [0.717, 1.165) is 18.8 Å². The van der Waals surface area contributed by atoms with Gasteiger partial charge in [0.05, 0.1) is 0 Å². The summed E-state index contributed by atoms with van der Waals surface area (Å²) < 4.78 is 0. The maximum Gasteiger partial charge on any atom is 0.328 e. The Morgan fingerprint density at radius 3 is 2.25 bits per heavy atom. The summed E-state index contributed by atoms with van der Waals surface area (Å²) in [6.45, 7) is 4.67. The van der Waals surface area contributed by atoms with Gasteiger partial charge in [-0.05, 0) is 49.4 Å². The van der Waals surface area contributed by atoms with Crippen LogP contribution in [0.2, 0.25) is 0 Å². The van der Waals surface area contributed by atoms with Gasteiger partial charge >= 0.3 is 5.97 Å². The van der Waals surface area contributed by atoms with E-state index >= 15 is 0 Å². The summed E-state index contributed by atoms with van der Waals surface area (Å²) in [5, 5.41) is 8.86. The van der Waals surface area contributed by atoms with Crippen LogP contribution in [0, 0.1) is 17.3 Å². The number of rotatable bonds is 1. The van der Waals surface area contributed by atoms with Crippen molar-refractivity contribution in [3.8, 4) is 0 Å². The van der Waals surface area contributed by atoms with E-state index in [0.29, 0.717) is 11.3 Å². The molecule has 2 aliphatic rings. The topological polar surface area (TPSA) is 37.3 Å². The molecule has 0 aromatic rings. The summed E-state index contributed by atoms with van der Waals surface area (Å²) >= 11 is 0. The summed E-state index contributed by atoms with van der Waals surface area (Å²) in [5.41, 5.74) is 1.57. The van der Waals surface area contributed by atoms with E-state index in [4.69, 9.17) is 5.11 Å². The van der Waals surface area contributed by atoms with Crippen molar-refractivity contribution in [3.63, 3.8) is 0 Å². The fourth-order valence-corrected chi connectivity index (χ4v) is 3.63. The Morgan fingerprint density at radius 1 is 1.20 bits per heavy atom. The fraction of sp³-hybridized carbons (Fsp3) is 0.769. The molecule has 0 heterocycles. The van der Waals surface area contributed by atoms with Crippen molar-refractivity contribution in [2.24, 2.45) is 17.3 Å². The van der Waals surface area contributed by atoms with Crippen molar-refractivity contribution in [2.75, 3.05) is 0 Å². The zero-order valence-electron chi connectivity index (χ0n) is 12.5. The Labute approximate surface area is 248 Å². The molecule has 0 spiro atoms. The molecule has 5 radical (unpaired) electrons. The molecule has 0 bridgehead atoms. The molecule has 7 heteroatoms. The van der Waals surface area contributed by atoms with Gasteiger partial charge in [-0.3, -0.25) is 0 Å². The first-order valence-corrected chi connectivity index (χ1v) is 5.97. The largest absolute Gasteiger partial charge is 0.478 e. The van der Waals surface area contributed by atoms with Crippen LogP contribution in [0.25, 0.3) is 0 Å². The molecular formula is C13H20O2Y5. The molecule has 0 aromatic heterocycles. The Hall–Kier alpha value is 4.73. The summed E-state index contributed by atoms with van der Waals surface area (Å²) in [6, 6.07) is 0. The molecule has 0 amide bonds. The number of allylic oxidation sites excluding steroid dienone is 1. The second-order valence-electron chi connectivity index (χ2n) is 5.45. The van der Waals surface area contributed by atoms with Crippen LogP contribution in [0.4, 0.5) is 0 Å². The second-order valence-corrected chi connectivity index (χ2v) is 5.45. The molecule has 0 aliphatic heterocycles. The number of hydrogen-bond acceptors (Lipinski definition) is 1. The zero-order valence-corrected chi connectivity index (χ0v) is 26.7. The monoisotopic (exact) mass is 653 g/mol. The first kappa shape index (κ1) is 32.4. The molecule has 1 unspecified atom stereocenters. The van der Waals surface area contributed by atoms with E-state index in [2.05, 4.69) is 13.8 Å². The standard InChI is InChI=1S/C13H20O2.5Y/c1-9-5-6-11-10(8-12(14)15)4-3-7-13(9,11)2;;;;;/h8-9,11H,3-7H2,1-2H3,(H,14,15);;;;;/t9?,11-,13+;;;;;/m0...../s1. The fourth-order valence-electron chi connectivity index (χ4n) is 3.63. The molecule has 2 rings (SSSR count). The van der Waals surface area contributed by atoms with Gasteiger partial charge in [0.2, 0.25) is 0 Å². The van der Waals surface area contributed by atoms with Crippen molar-refractivity contribution in [3.05, 3.63) is 11.6 Å². The van der Waals surface area contributed by atoms with Gasteiger partial charge in [-0.2, -0.15) is 0 Å². The second kappa shape index (κ2) is 14.9. The van der Waals surface area contributed by atoms with E-state index in [1.54, 1.807) is 0 Å². The van der Waals surface area contributed by atoms with Crippen molar-refractivity contribution >= 4 is 5.97 Å². The molecule has 2 aliphatic carbocycles. The molecular weight excluding hydrogens is 633 g/mol. The van der Waals surface area contributed by atoms with Crippen LogP contribution >= 0.6 is 0 Å². The summed E-state index contributed by atoms with van der Waals surface area (Å²) in [4.78, 5) is 10.8. The zero-order chi connectivity index (χ0) is 11.1. The van der Waals surface area contributed by atoms with Gasteiger partial charge in [0.25, 0.3) is 0 Å². The molecule has 2 fully saturated rings. The molecule has 2 saturated carbocycles. The van der Waals surface area contributed by atoms with E-state index < -0.39 is 5.97 Å². The number of carboxylic acids is 1. The minimum atomic E-state index is -0.770. The number of carboxylic acid groups (broad SMARTS) is 1. The number of aliphatic carboxylic acids is 1. The third kappa shape index (κ3) is 7.96.